The van der Waals surface area contributed by atoms with Crippen LogP contribution in [0.5, 0.6) is 0 Å². The molecule has 1 saturated heterocycles. The molecule has 0 amide bonds. The topological polar surface area (TPSA) is 28.2 Å². The minimum atomic E-state index is 0.389. The first kappa shape index (κ1) is 14.0. The summed E-state index contributed by atoms with van der Waals surface area (Å²) < 4.78 is 0. The summed E-state index contributed by atoms with van der Waals surface area (Å²) in [5.74, 6) is 0. The summed E-state index contributed by atoms with van der Waals surface area (Å²) in [7, 11) is 0. The van der Waals surface area contributed by atoms with Crippen LogP contribution in [-0.4, -0.2) is 35.1 Å². The van der Waals surface area contributed by atoms with E-state index in [1.165, 1.54) is 37.4 Å². The van der Waals surface area contributed by atoms with Crippen LogP contribution >= 0.6 is 11.3 Å². The monoisotopic (exact) mass is 267 g/mol. The molecule has 0 spiro atoms. The number of hydrogen-bond acceptors (Lipinski definition) is 4. The zero-order chi connectivity index (χ0) is 13.0. The van der Waals surface area contributed by atoms with Crippen molar-refractivity contribution in [3.63, 3.8) is 0 Å². The first-order valence-corrected chi connectivity index (χ1v) is 7.94. The highest BCUT2D eigenvalue weighted by molar-refractivity contribution is 7.09. The van der Waals surface area contributed by atoms with Gasteiger partial charge in [-0.3, -0.25) is 0 Å². The van der Waals surface area contributed by atoms with Crippen molar-refractivity contribution >= 4 is 11.3 Å². The number of aromatic nitrogens is 1. The Balaban J connectivity index is 1.83. The summed E-state index contributed by atoms with van der Waals surface area (Å²) in [6.07, 6.45) is 5.75. The third-order valence-electron chi connectivity index (χ3n) is 3.80. The third-order valence-corrected chi connectivity index (χ3v) is 4.76. The smallest absolute Gasteiger partial charge is 0.109 e. The van der Waals surface area contributed by atoms with E-state index in [1.54, 1.807) is 11.3 Å². The molecule has 102 valence electrons. The zero-order valence-electron chi connectivity index (χ0n) is 11.7. The van der Waals surface area contributed by atoms with E-state index in [2.05, 4.69) is 41.4 Å². The van der Waals surface area contributed by atoms with Crippen LogP contribution in [0.25, 0.3) is 0 Å². The molecular weight excluding hydrogens is 242 g/mol. The van der Waals surface area contributed by atoms with E-state index in [4.69, 9.17) is 0 Å². The van der Waals surface area contributed by atoms with E-state index in [9.17, 15) is 0 Å². The first-order valence-electron chi connectivity index (χ1n) is 7.06. The second kappa shape index (κ2) is 6.64. The lowest BCUT2D eigenvalue weighted by Crippen LogP contribution is -2.34. The second-order valence-electron chi connectivity index (χ2n) is 5.52. The molecule has 1 N–H and O–H groups in total. The normalized spacial score (nSPS) is 24.1. The second-order valence-corrected chi connectivity index (χ2v) is 6.44. The number of nitrogens with zero attached hydrogens (tertiary/aromatic N) is 2. The Bertz CT molecular complexity index is 337. The highest BCUT2D eigenvalue weighted by atomic mass is 32.1. The SMILES string of the molecule is CC(NC1CCCN(C(C)C)CC1)c1nccs1. The van der Waals surface area contributed by atoms with Crippen molar-refractivity contribution in [2.45, 2.75) is 58.2 Å². The Hall–Kier alpha value is -0.450. The number of nitrogens with one attached hydrogen (secondary N) is 1. The van der Waals surface area contributed by atoms with Gasteiger partial charge in [0.2, 0.25) is 0 Å². The van der Waals surface area contributed by atoms with Gasteiger partial charge in [0.25, 0.3) is 0 Å². The van der Waals surface area contributed by atoms with Crippen LogP contribution in [0.1, 0.15) is 51.1 Å². The van der Waals surface area contributed by atoms with E-state index in [1.807, 2.05) is 6.20 Å². The van der Waals surface area contributed by atoms with Gasteiger partial charge in [-0.15, -0.1) is 11.3 Å². The van der Waals surface area contributed by atoms with Gasteiger partial charge in [0.1, 0.15) is 5.01 Å². The van der Waals surface area contributed by atoms with Crippen LogP contribution in [0, 0.1) is 0 Å². The average Bonchev–Trinajstić information content (AvgIpc) is 2.77. The molecule has 1 aromatic heterocycles. The van der Waals surface area contributed by atoms with E-state index in [0.717, 1.165) is 0 Å². The standard InChI is InChI=1S/C14H25N3S/c1-11(2)17-8-4-5-13(6-9-17)16-12(3)14-15-7-10-18-14/h7,10-13,16H,4-6,8-9H2,1-3H3. The molecule has 0 bridgehead atoms. The molecule has 2 rings (SSSR count). The Morgan fingerprint density at radius 3 is 2.83 bits per heavy atom. The third kappa shape index (κ3) is 3.77. The summed E-state index contributed by atoms with van der Waals surface area (Å²) in [4.78, 5) is 6.99. The van der Waals surface area contributed by atoms with Crippen molar-refractivity contribution in [1.29, 1.82) is 0 Å². The van der Waals surface area contributed by atoms with Crippen molar-refractivity contribution in [3.05, 3.63) is 16.6 Å². The van der Waals surface area contributed by atoms with Crippen molar-refractivity contribution < 1.29 is 0 Å². The summed E-state index contributed by atoms with van der Waals surface area (Å²) in [5.41, 5.74) is 0. The summed E-state index contributed by atoms with van der Waals surface area (Å²) in [5, 5.41) is 7.01. The molecule has 1 aliphatic rings. The van der Waals surface area contributed by atoms with Gasteiger partial charge >= 0.3 is 0 Å². The van der Waals surface area contributed by atoms with Gasteiger partial charge in [-0.05, 0) is 53.1 Å². The number of thiazole rings is 1. The fraction of sp³-hybridized carbons (Fsp3) is 0.786. The Kier molecular flexibility index (Phi) is 5.15. The molecule has 2 unspecified atom stereocenters. The molecular formula is C14H25N3S. The largest absolute Gasteiger partial charge is 0.305 e. The minimum absolute atomic E-state index is 0.389. The first-order chi connectivity index (χ1) is 8.66. The molecule has 0 aliphatic carbocycles. The lowest BCUT2D eigenvalue weighted by atomic mass is 10.1. The number of rotatable bonds is 4. The van der Waals surface area contributed by atoms with Crippen molar-refractivity contribution in [3.8, 4) is 0 Å². The quantitative estimate of drug-likeness (QED) is 0.909. The lowest BCUT2D eigenvalue weighted by molar-refractivity contribution is 0.228. The Labute approximate surface area is 115 Å². The summed E-state index contributed by atoms with van der Waals surface area (Å²) in [6, 6.07) is 1.72. The van der Waals surface area contributed by atoms with Crippen LogP contribution in [-0.2, 0) is 0 Å². The number of likely N-dealkylation sites (tertiary alicyclic amines) is 1. The van der Waals surface area contributed by atoms with Crippen LogP contribution in [0.4, 0.5) is 0 Å². The molecule has 0 aromatic carbocycles. The van der Waals surface area contributed by atoms with Crippen molar-refractivity contribution in [2.24, 2.45) is 0 Å². The molecule has 2 heterocycles. The predicted octanol–water partition coefficient (Wildman–Crippen LogP) is 3.06. The maximum atomic E-state index is 4.39. The van der Waals surface area contributed by atoms with Crippen molar-refractivity contribution in [1.82, 2.24) is 15.2 Å². The van der Waals surface area contributed by atoms with Gasteiger partial charge in [0.05, 0.1) is 6.04 Å². The van der Waals surface area contributed by atoms with Gasteiger partial charge in [0.15, 0.2) is 0 Å². The van der Waals surface area contributed by atoms with Crippen LogP contribution in [0.2, 0.25) is 0 Å². The Morgan fingerprint density at radius 1 is 1.33 bits per heavy atom. The number of hydrogen-bond donors (Lipinski definition) is 1. The highest BCUT2D eigenvalue weighted by Crippen LogP contribution is 2.19. The lowest BCUT2D eigenvalue weighted by Gasteiger charge is -2.25. The van der Waals surface area contributed by atoms with Gasteiger partial charge in [-0.25, -0.2) is 4.98 Å². The van der Waals surface area contributed by atoms with Gasteiger partial charge < -0.3 is 10.2 Å². The predicted molar refractivity (Wildman–Crippen MR) is 78.0 cm³/mol. The molecule has 1 fully saturated rings. The fourth-order valence-electron chi connectivity index (χ4n) is 2.67. The van der Waals surface area contributed by atoms with E-state index >= 15 is 0 Å². The zero-order valence-corrected chi connectivity index (χ0v) is 12.5. The minimum Gasteiger partial charge on any atom is -0.305 e. The van der Waals surface area contributed by atoms with Crippen LogP contribution in [0.15, 0.2) is 11.6 Å². The van der Waals surface area contributed by atoms with E-state index < -0.39 is 0 Å². The highest BCUT2D eigenvalue weighted by Gasteiger charge is 2.20. The molecule has 2 atom stereocenters. The molecule has 1 aliphatic heterocycles. The van der Waals surface area contributed by atoms with Gasteiger partial charge in [-0.2, -0.15) is 0 Å². The molecule has 0 radical (unpaired) electrons. The van der Waals surface area contributed by atoms with Gasteiger partial charge in [-0.1, -0.05) is 0 Å². The molecule has 18 heavy (non-hydrogen) atoms. The average molecular weight is 267 g/mol. The molecule has 3 nitrogen and oxygen atoms in total. The van der Waals surface area contributed by atoms with Crippen LogP contribution in [0.3, 0.4) is 0 Å². The van der Waals surface area contributed by atoms with Crippen molar-refractivity contribution in [2.75, 3.05) is 13.1 Å². The summed E-state index contributed by atoms with van der Waals surface area (Å²) in [6.45, 7) is 9.29. The van der Waals surface area contributed by atoms with E-state index in [-0.39, 0.29) is 0 Å². The fourth-order valence-corrected chi connectivity index (χ4v) is 3.33. The Morgan fingerprint density at radius 2 is 2.17 bits per heavy atom. The van der Waals surface area contributed by atoms with Gasteiger partial charge in [0, 0.05) is 23.7 Å². The molecule has 0 saturated carbocycles. The van der Waals surface area contributed by atoms with E-state index in [0.29, 0.717) is 18.1 Å². The molecule has 4 heteroatoms. The van der Waals surface area contributed by atoms with Crippen LogP contribution < -0.4 is 5.32 Å². The maximum absolute atomic E-state index is 4.39. The summed E-state index contributed by atoms with van der Waals surface area (Å²) >= 11 is 1.75. The maximum Gasteiger partial charge on any atom is 0.109 e. The molecule has 1 aromatic rings.